The minimum atomic E-state index is -0.172. The minimum absolute atomic E-state index is 0.172. The summed E-state index contributed by atoms with van der Waals surface area (Å²) in [5, 5.41) is 6.01. The van der Waals surface area contributed by atoms with E-state index in [1.165, 1.54) is 0 Å². The van der Waals surface area contributed by atoms with E-state index in [-0.39, 0.29) is 5.91 Å². The third kappa shape index (κ3) is 4.06. The SMILES string of the molecule is CC(C)Nc1ccc(NC(=O)c2ccc(Br)cc2)nc1. The summed E-state index contributed by atoms with van der Waals surface area (Å²) in [6.07, 6.45) is 1.71. The lowest BCUT2D eigenvalue weighted by molar-refractivity contribution is 0.102. The molecule has 0 aliphatic carbocycles. The molecule has 5 heteroatoms. The van der Waals surface area contributed by atoms with Gasteiger partial charge in [0.1, 0.15) is 5.82 Å². The van der Waals surface area contributed by atoms with Crippen molar-refractivity contribution in [1.82, 2.24) is 4.98 Å². The number of carbonyl (C=O) groups is 1. The van der Waals surface area contributed by atoms with E-state index in [0.29, 0.717) is 17.4 Å². The standard InChI is InChI=1S/C15H16BrN3O/c1-10(2)18-13-7-8-14(17-9-13)19-15(20)11-3-5-12(16)6-4-11/h3-10,18H,1-2H3,(H,17,19,20). The molecular formula is C15H16BrN3O. The number of halogens is 1. The summed E-state index contributed by atoms with van der Waals surface area (Å²) >= 11 is 3.34. The van der Waals surface area contributed by atoms with Gasteiger partial charge in [-0.25, -0.2) is 4.98 Å². The van der Waals surface area contributed by atoms with Gasteiger partial charge in [-0.2, -0.15) is 0 Å². The maximum absolute atomic E-state index is 12.0. The molecule has 0 spiro atoms. The Bertz CT molecular complexity index is 579. The van der Waals surface area contributed by atoms with Gasteiger partial charge in [-0.1, -0.05) is 15.9 Å². The topological polar surface area (TPSA) is 54.0 Å². The number of nitrogens with zero attached hydrogens (tertiary/aromatic N) is 1. The number of anilines is 2. The molecule has 0 fully saturated rings. The van der Waals surface area contributed by atoms with Crippen molar-refractivity contribution < 1.29 is 4.79 Å². The van der Waals surface area contributed by atoms with E-state index in [1.54, 1.807) is 24.4 Å². The number of pyridine rings is 1. The Hall–Kier alpha value is -1.88. The lowest BCUT2D eigenvalue weighted by Gasteiger charge is -2.10. The first-order valence-corrected chi connectivity index (χ1v) is 7.13. The van der Waals surface area contributed by atoms with Crippen molar-refractivity contribution >= 4 is 33.3 Å². The molecule has 4 nitrogen and oxygen atoms in total. The quantitative estimate of drug-likeness (QED) is 0.891. The van der Waals surface area contributed by atoms with E-state index in [2.05, 4.69) is 45.4 Å². The highest BCUT2D eigenvalue weighted by Gasteiger charge is 2.06. The average molecular weight is 334 g/mol. The molecule has 0 saturated carbocycles. The normalized spacial score (nSPS) is 10.4. The second kappa shape index (κ2) is 6.52. The molecule has 104 valence electrons. The van der Waals surface area contributed by atoms with E-state index in [0.717, 1.165) is 10.2 Å². The number of amides is 1. The Balaban J connectivity index is 2.02. The molecule has 1 aromatic heterocycles. The molecule has 0 atom stereocenters. The Morgan fingerprint density at radius 3 is 2.40 bits per heavy atom. The van der Waals surface area contributed by atoms with Gasteiger partial charge in [0.25, 0.3) is 5.91 Å². The lowest BCUT2D eigenvalue weighted by Crippen LogP contribution is -2.13. The van der Waals surface area contributed by atoms with Crippen molar-refractivity contribution in [2.45, 2.75) is 19.9 Å². The van der Waals surface area contributed by atoms with Crippen molar-refractivity contribution in [3.63, 3.8) is 0 Å². The highest BCUT2D eigenvalue weighted by molar-refractivity contribution is 9.10. The van der Waals surface area contributed by atoms with Crippen LogP contribution in [0, 0.1) is 0 Å². The van der Waals surface area contributed by atoms with E-state index in [9.17, 15) is 4.79 Å². The third-order valence-electron chi connectivity index (χ3n) is 2.57. The molecule has 2 aromatic rings. The summed E-state index contributed by atoms with van der Waals surface area (Å²) in [6.45, 7) is 4.12. The third-order valence-corrected chi connectivity index (χ3v) is 3.10. The van der Waals surface area contributed by atoms with Crippen molar-refractivity contribution in [3.8, 4) is 0 Å². The van der Waals surface area contributed by atoms with Gasteiger partial charge in [-0.3, -0.25) is 4.79 Å². The smallest absolute Gasteiger partial charge is 0.256 e. The summed E-state index contributed by atoms with van der Waals surface area (Å²) < 4.78 is 0.941. The summed E-state index contributed by atoms with van der Waals surface area (Å²) in [5.74, 6) is 0.363. The van der Waals surface area contributed by atoms with Crippen LogP contribution < -0.4 is 10.6 Å². The predicted molar refractivity (Wildman–Crippen MR) is 85.1 cm³/mol. The van der Waals surface area contributed by atoms with Crippen molar-refractivity contribution in [2.24, 2.45) is 0 Å². The number of hydrogen-bond acceptors (Lipinski definition) is 3. The molecule has 2 N–H and O–H groups in total. The van der Waals surface area contributed by atoms with Crippen LogP contribution in [-0.2, 0) is 0 Å². The number of rotatable bonds is 4. The zero-order valence-electron chi connectivity index (χ0n) is 11.4. The molecule has 1 aromatic carbocycles. The maximum Gasteiger partial charge on any atom is 0.256 e. The first-order valence-electron chi connectivity index (χ1n) is 6.34. The summed E-state index contributed by atoms with van der Waals surface area (Å²) in [4.78, 5) is 16.2. The molecular weight excluding hydrogens is 318 g/mol. The molecule has 0 unspecified atom stereocenters. The van der Waals surface area contributed by atoms with Crippen molar-refractivity contribution in [2.75, 3.05) is 10.6 Å². The van der Waals surface area contributed by atoms with Gasteiger partial charge in [0.2, 0.25) is 0 Å². The van der Waals surface area contributed by atoms with E-state index in [4.69, 9.17) is 0 Å². The molecule has 0 bridgehead atoms. The minimum Gasteiger partial charge on any atom is -0.382 e. The van der Waals surface area contributed by atoms with E-state index >= 15 is 0 Å². The summed E-state index contributed by atoms with van der Waals surface area (Å²) in [7, 11) is 0. The lowest BCUT2D eigenvalue weighted by atomic mass is 10.2. The van der Waals surface area contributed by atoms with Crippen LogP contribution in [0.3, 0.4) is 0 Å². The fourth-order valence-corrected chi connectivity index (χ4v) is 1.94. The molecule has 0 saturated heterocycles. The van der Waals surface area contributed by atoms with E-state index in [1.807, 2.05) is 18.2 Å². The van der Waals surface area contributed by atoms with Gasteiger partial charge in [0, 0.05) is 16.1 Å². The fraction of sp³-hybridized carbons (Fsp3) is 0.200. The fourth-order valence-electron chi connectivity index (χ4n) is 1.68. The molecule has 0 aliphatic heterocycles. The van der Waals surface area contributed by atoms with Crippen LogP contribution >= 0.6 is 15.9 Å². The van der Waals surface area contributed by atoms with Crippen LogP contribution in [0.1, 0.15) is 24.2 Å². The van der Waals surface area contributed by atoms with Gasteiger partial charge >= 0.3 is 0 Å². The second-order valence-corrected chi connectivity index (χ2v) is 5.61. The highest BCUT2D eigenvalue weighted by Crippen LogP contribution is 2.14. The summed E-state index contributed by atoms with van der Waals surface area (Å²) in [5.41, 5.74) is 1.53. The Morgan fingerprint density at radius 2 is 1.85 bits per heavy atom. The molecule has 1 heterocycles. The van der Waals surface area contributed by atoms with E-state index < -0.39 is 0 Å². The van der Waals surface area contributed by atoms with Gasteiger partial charge in [0.05, 0.1) is 11.9 Å². The summed E-state index contributed by atoms with van der Waals surface area (Å²) in [6, 6.07) is 11.2. The van der Waals surface area contributed by atoms with Crippen molar-refractivity contribution in [1.29, 1.82) is 0 Å². The maximum atomic E-state index is 12.0. The number of nitrogens with one attached hydrogen (secondary N) is 2. The first-order chi connectivity index (χ1) is 9.54. The molecule has 1 amide bonds. The Morgan fingerprint density at radius 1 is 1.15 bits per heavy atom. The molecule has 0 aliphatic rings. The first kappa shape index (κ1) is 14.5. The number of benzene rings is 1. The molecule has 0 radical (unpaired) electrons. The molecule has 20 heavy (non-hydrogen) atoms. The van der Waals surface area contributed by atoms with Crippen LogP contribution in [0.15, 0.2) is 47.1 Å². The van der Waals surface area contributed by atoms with Crippen LogP contribution in [0.4, 0.5) is 11.5 Å². The molecule has 2 rings (SSSR count). The second-order valence-electron chi connectivity index (χ2n) is 4.69. The average Bonchev–Trinajstić information content (AvgIpc) is 2.41. The zero-order valence-corrected chi connectivity index (χ0v) is 12.9. The zero-order chi connectivity index (χ0) is 14.5. The highest BCUT2D eigenvalue weighted by atomic mass is 79.9. The Kier molecular flexibility index (Phi) is 4.74. The Labute approximate surface area is 126 Å². The number of aromatic nitrogens is 1. The van der Waals surface area contributed by atoms with Gasteiger partial charge < -0.3 is 10.6 Å². The van der Waals surface area contributed by atoms with Crippen LogP contribution in [0.5, 0.6) is 0 Å². The predicted octanol–water partition coefficient (Wildman–Crippen LogP) is 3.92. The number of hydrogen-bond donors (Lipinski definition) is 2. The largest absolute Gasteiger partial charge is 0.382 e. The van der Waals surface area contributed by atoms with Gasteiger partial charge in [-0.05, 0) is 50.2 Å². The number of carbonyl (C=O) groups excluding carboxylic acids is 1. The van der Waals surface area contributed by atoms with Crippen LogP contribution in [0.25, 0.3) is 0 Å². The van der Waals surface area contributed by atoms with Gasteiger partial charge in [0.15, 0.2) is 0 Å². The van der Waals surface area contributed by atoms with Crippen LogP contribution in [0.2, 0.25) is 0 Å². The monoisotopic (exact) mass is 333 g/mol. The van der Waals surface area contributed by atoms with Crippen LogP contribution in [-0.4, -0.2) is 16.9 Å². The van der Waals surface area contributed by atoms with Crippen molar-refractivity contribution in [3.05, 3.63) is 52.6 Å². The van der Waals surface area contributed by atoms with Gasteiger partial charge in [-0.15, -0.1) is 0 Å².